The normalized spacial score (nSPS) is 19.6. The summed E-state index contributed by atoms with van der Waals surface area (Å²) < 4.78 is 0. The van der Waals surface area contributed by atoms with Crippen molar-refractivity contribution in [2.24, 2.45) is 0 Å². The van der Waals surface area contributed by atoms with Crippen LogP contribution in [0.5, 0.6) is 0 Å². The molecular formula is C22H26N6O2. The average Bonchev–Trinajstić information content (AvgIpc) is 3.55. The summed E-state index contributed by atoms with van der Waals surface area (Å²) in [4.78, 5) is 32.9. The first kappa shape index (κ1) is 18.9. The average molecular weight is 406 g/mol. The number of piperazine rings is 1. The highest BCUT2D eigenvalue weighted by molar-refractivity contribution is 6.08. The molecule has 0 unspecified atom stereocenters. The number of hydrogen-bond donors (Lipinski definition) is 3. The molecule has 0 atom stereocenters. The molecule has 2 aliphatic heterocycles. The number of pyridine rings is 1. The number of amides is 2. The zero-order chi connectivity index (χ0) is 20.7. The lowest BCUT2D eigenvalue weighted by Gasteiger charge is -2.36. The number of aromatic nitrogens is 1. The summed E-state index contributed by atoms with van der Waals surface area (Å²) >= 11 is 0. The second-order valence-electron chi connectivity index (χ2n) is 8.29. The molecule has 1 saturated heterocycles. The van der Waals surface area contributed by atoms with Gasteiger partial charge in [0, 0.05) is 39.8 Å². The number of nitrogens with one attached hydrogen (secondary N) is 3. The van der Waals surface area contributed by atoms with E-state index < -0.39 is 0 Å². The van der Waals surface area contributed by atoms with Crippen LogP contribution in [0.1, 0.15) is 28.9 Å². The van der Waals surface area contributed by atoms with Gasteiger partial charge in [-0.05, 0) is 42.7 Å². The fraction of sp³-hybridized carbons (Fsp3) is 0.409. The van der Waals surface area contributed by atoms with Gasteiger partial charge in [-0.2, -0.15) is 0 Å². The molecule has 5 rings (SSSR count). The standard InChI is InChI=1S/C22H26N6O2/c1-23-20(29)18-5-3-16(13-24-18)28-10-8-27(9-11-28)14-15-2-4-17-19(12-15)25-21(30)22(26-17)6-7-22/h2-5,12-13,26H,6-11,14H2,1H3,(H,23,29)(H,25,30). The maximum atomic E-state index is 12.3. The fourth-order valence-corrected chi connectivity index (χ4v) is 4.19. The Kier molecular flexibility index (Phi) is 4.58. The minimum Gasteiger partial charge on any atom is -0.370 e. The van der Waals surface area contributed by atoms with Crippen LogP contribution in [-0.4, -0.2) is 60.5 Å². The van der Waals surface area contributed by atoms with Crippen LogP contribution < -0.4 is 20.9 Å². The molecule has 156 valence electrons. The van der Waals surface area contributed by atoms with Gasteiger partial charge in [-0.1, -0.05) is 6.07 Å². The van der Waals surface area contributed by atoms with Gasteiger partial charge in [-0.15, -0.1) is 0 Å². The van der Waals surface area contributed by atoms with Crippen molar-refractivity contribution in [1.82, 2.24) is 15.2 Å². The summed E-state index contributed by atoms with van der Waals surface area (Å²) in [5.41, 5.74) is 4.23. The molecule has 3 N–H and O–H groups in total. The lowest BCUT2D eigenvalue weighted by atomic mass is 10.1. The largest absolute Gasteiger partial charge is 0.370 e. The van der Waals surface area contributed by atoms with Crippen molar-refractivity contribution >= 4 is 28.9 Å². The SMILES string of the molecule is CNC(=O)c1ccc(N2CCN(Cc3ccc4c(c3)NC(=O)C3(CC3)N4)CC2)cn1. The van der Waals surface area contributed by atoms with Crippen molar-refractivity contribution in [2.75, 3.05) is 48.8 Å². The predicted octanol–water partition coefficient (Wildman–Crippen LogP) is 1.66. The van der Waals surface area contributed by atoms with Crippen LogP contribution in [0.25, 0.3) is 0 Å². The molecule has 30 heavy (non-hydrogen) atoms. The molecule has 1 spiro atoms. The van der Waals surface area contributed by atoms with Crippen molar-refractivity contribution in [1.29, 1.82) is 0 Å². The Morgan fingerprint density at radius 1 is 1.13 bits per heavy atom. The minimum absolute atomic E-state index is 0.0943. The molecule has 3 aliphatic rings. The van der Waals surface area contributed by atoms with Gasteiger partial charge in [-0.25, -0.2) is 4.98 Å². The Hall–Kier alpha value is -3.13. The zero-order valence-electron chi connectivity index (χ0n) is 17.1. The molecule has 1 aliphatic carbocycles. The Balaban J connectivity index is 1.18. The van der Waals surface area contributed by atoms with Crippen molar-refractivity contribution in [3.63, 3.8) is 0 Å². The lowest BCUT2D eigenvalue weighted by Crippen LogP contribution is -2.46. The van der Waals surface area contributed by atoms with E-state index in [2.05, 4.69) is 48.9 Å². The van der Waals surface area contributed by atoms with Crippen LogP contribution in [-0.2, 0) is 11.3 Å². The van der Waals surface area contributed by atoms with Crippen LogP contribution in [0, 0.1) is 0 Å². The Bertz CT molecular complexity index is 978. The van der Waals surface area contributed by atoms with Gasteiger partial charge in [0.2, 0.25) is 5.91 Å². The van der Waals surface area contributed by atoms with E-state index >= 15 is 0 Å². The number of hydrogen-bond acceptors (Lipinski definition) is 6. The van der Waals surface area contributed by atoms with Crippen LogP contribution in [0.4, 0.5) is 17.1 Å². The van der Waals surface area contributed by atoms with E-state index in [-0.39, 0.29) is 17.4 Å². The summed E-state index contributed by atoms with van der Waals surface area (Å²) in [5, 5.41) is 9.06. The highest BCUT2D eigenvalue weighted by Gasteiger charge is 2.52. The topological polar surface area (TPSA) is 89.6 Å². The molecule has 8 heteroatoms. The number of benzene rings is 1. The van der Waals surface area contributed by atoms with E-state index in [9.17, 15) is 9.59 Å². The van der Waals surface area contributed by atoms with Crippen LogP contribution in [0.3, 0.4) is 0 Å². The third-order valence-corrected chi connectivity index (χ3v) is 6.24. The Labute approximate surface area is 175 Å². The third kappa shape index (κ3) is 3.47. The van der Waals surface area contributed by atoms with Gasteiger partial charge >= 0.3 is 0 Å². The monoisotopic (exact) mass is 406 g/mol. The summed E-state index contributed by atoms with van der Waals surface area (Å²) in [6.45, 7) is 4.57. The number of nitrogens with zero attached hydrogens (tertiary/aromatic N) is 3. The van der Waals surface area contributed by atoms with E-state index in [4.69, 9.17) is 0 Å². The molecular weight excluding hydrogens is 380 g/mol. The first-order valence-corrected chi connectivity index (χ1v) is 10.4. The van der Waals surface area contributed by atoms with Crippen LogP contribution in [0.15, 0.2) is 36.5 Å². The van der Waals surface area contributed by atoms with E-state index in [1.807, 2.05) is 6.07 Å². The molecule has 2 aromatic rings. The van der Waals surface area contributed by atoms with E-state index in [1.165, 1.54) is 5.56 Å². The smallest absolute Gasteiger partial charge is 0.269 e. The number of carbonyl (C=O) groups is 2. The van der Waals surface area contributed by atoms with Crippen molar-refractivity contribution in [3.05, 3.63) is 47.8 Å². The number of rotatable bonds is 4. The molecule has 0 bridgehead atoms. The van der Waals surface area contributed by atoms with Gasteiger partial charge in [0.25, 0.3) is 5.91 Å². The van der Waals surface area contributed by atoms with Crippen LogP contribution in [0.2, 0.25) is 0 Å². The molecule has 1 aromatic carbocycles. The minimum atomic E-state index is -0.349. The number of carbonyl (C=O) groups excluding carboxylic acids is 2. The highest BCUT2D eigenvalue weighted by Crippen LogP contribution is 2.45. The van der Waals surface area contributed by atoms with Crippen LogP contribution >= 0.6 is 0 Å². The first-order chi connectivity index (χ1) is 14.6. The van der Waals surface area contributed by atoms with E-state index in [1.54, 1.807) is 19.3 Å². The summed E-state index contributed by atoms with van der Waals surface area (Å²) in [6.07, 6.45) is 3.59. The van der Waals surface area contributed by atoms with E-state index in [0.717, 1.165) is 62.6 Å². The van der Waals surface area contributed by atoms with Gasteiger partial charge in [0.1, 0.15) is 11.2 Å². The van der Waals surface area contributed by atoms with Gasteiger partial charge in [0.05, 0.1) is 23.3 Å². The predicted molar refractivity (Wildman–Crippen MR) is 116 cm³/mol. The molecule has 8 nitrogen and oxygen atoms in total. The zero-order valence-corrected chi connectivity index (χ0v) is 17.1. The molecule has 0 radical (unpaired) electrons. The Morgan fingerprint density at radius 3 is 2.60 bits per heavy atom. The molecule has 1 aromatic heterocycles. The molecule has 2 fully saturated rings. The molecule has 2 amide bonds. The summed E-state index contributed by atoms with van der Waals surface area (Å²) in [6, 6.07) is 10.0. The summed E-state index contributed by atoms with van der Waals surface area (Å²) in [5.74, 6) is -0.0769. The second kappa shape index (κ2) is 7.28. The number of fused-ring (bicyclic) bond motifs is 1. The van der Waals surface area contributed by atoms with Gasteiger partial charge in [-0.3, -0.25) is 14.5 Å². The quantitative estimate of drug-likeness (QED) is 0.716. The van der Waals surface area contributed by atoms with Crippen molar-refractivity contribution in [2.45, 2.75) is 24.9 Å². The molecule has 3 heterocycles. The number of anilines is 3. The molecule has 1 saturated carbocycles. The van der Waals surface area contributed by atoms with Gasteiger partial charge in [0.15, 0.2) is 0 Å². The van der Waals surface area contributed by atoms with Crippen molar-refractivity contribution < 1.29 is 9.59 Å². The van der Waals surface area contributed by atoms with E-state index in [0.29, 0.717) is 5.69 Å². The third-order valence-electron chi connectivity index (χ3n) is 6.24. The second-order valence-corrected chi connectivity index (χ2v) is 8.29. The van der Waals surface area contributed by atoms with Crippen molar-refractivity contribution in [3.8, 4) is 0 Å². The highest BCUT2D eigenvalue weighted by atomic mass is 16.2. The summed E-state index contributed by atoms with van der Waals surface area (Å²) in [7, 11) is 1.60. The lowest BCUT2D eigenvalue weighted by molar-refractivity contribution is -0.117. The Morgan fingerprint density at radius 2 is 1.93 bits per heavy atom. The van der Waals surface area contributed by atoms with Gasteiger partial charge < -0.3 is 20.9 Å². The maximum absolute atomic E-state index is 12.3. The maximum Gasteiger partial charge on any atom is 0.269 e. The first-order valence-electron chi connectivity index (χ1n) is 10.4. The fourth-order valence-electron chi connectivity index (χ4n) is 4.19.